The molecule has 26 heavy (non-hydrogen) atoms. The predicted octanol–water partition coefficient (Wildman–Crippen LogP) is 2.41. The number of amides is 1. The zero-order valence-electron chi connectivity index (χ0n) is 14.7. The van der Waals surface area contributed by atoms with Gasteiger partial charge >= 0.3 is 0 Å². The van der Waals surface area contributed by atoms with Crippen LogP contribution in [-0.4, -0.2) is 56.7 Å². The van der Waals surface area contributed by atoms with Crippen LogP contribution >= 0.6 is 11.6 Å². The van der Waals surface area contributed by atoms with Gasteiger partial charge in [0.1, 0.15) is 5.75 Å². The molecule has 6 heteroatoms. The molecular weight excluding hydrogens is 350 g/mol. The van der Waals surface area contributed by atoms with Crippen LogP contribution in [0.5, 0.6) is 5.75 Å². The lowest BCUT2D eigenvalue weighted by Crippen LogP contribution is -2.46. The molecule has 0 aliphatic carbocycles. The van der Waals surface area contributed by atoms with E-state index in [4.69, 9.17) is 16.3 Å². The topological polar surface area (TPSA) is 53.6 Å². The molecule has 0 spiro atoms. The number of benzene rings is 2. The SMILES string of the molecule is O=C(COc1ccc(-c2ccccc2)cc1Cl)NCCN1CCNCC1. The van der Waals surface area contributed by atoms with E-state index in [-0.39, 0.29) is 12.5 Å². The number of halogens is 1. The number of hydrogen-bond acceptors (Lipinski definition) is 4. The molecular formula is C20H24ClN3O2. The van der Waals surface area contributed by atoms with Gasteiger partial charge in [0.15, 0.2) is 6.61 Å². The first-order valence-electron chi connectivity index (χ1n) is 8.90. The Labute approximate surface area is 159 Å². The molecule has 0 aromatic heterocycles. The van der Waals surface area contributed by atoms with Gasteiger partial charge in [-0.25, -0.2) is 0 Å². The van der Waals surface area contributed by atoms with Crippen LogP contribution in [0.3, 0.4) is 0 Å². The van der Waals surface area contributed by atoms with Crippen molar-refractivity contribution in [3.63, 3.8) is 0 Å². The average molecular weight is 374 g/mol. The molecule has 0 atom stereocenters. The molecule has 2 aromatic rings. The third-order valence-corrected chi connectivity index (χ3v) is 4.65. The standard InChI is InChI=1S/C20H24ClN3O2/c21-18-14-17(16-4-2-1-3-5-16)6-7-19(18)26-15-20(25)23-10-13-24-11-8-22-9-12-24/h1-7,14,22H,8-13,15H2,(H,23,25). The van der Waals surface area contributed by atoms with Crippen molar-refractivity contribution in [3.8, 4) is 16.9 Å². The number of rotatable bonds is 7. The van der Waals surface area contributed by atoms with Crippen molar-refractivity contribution in [2.24, 2.45) is 0 Å². The highest BCUT2D eigenvalue weighted by Gasteiger charge is 2.10. The molecule has 0 saturated carbocycles. The summed E-state index contributed by atoms with van der Waals surface area (Å²) in [5.41, 5.74) is 2.11. The van der Waals surface area contributed by atoms with Gasteiger partial charge in [0.25, 0.3) is 5.91 Å². The van der Waals surface area contributed by atoms with E-state index in [1.807, 2.05) is 42.5 Å². The van der Waals surface area contributed by atoms with Gasteiger partial charge in [-0.15, -0.1) is 0 Å². The molecule has 138 valence electrons. The minimum Gasteiger partial charge on any atom is -0.482 e. The molecule has 1 aliphatic heterocycles. The van der Waals surface area contributed by atoms with E-state index >= 15 is 0 Å². The highest BCUT2D eigenvalue weighted by atomic mass is 35.5. The van der Waals surface area contributed by atoms with E-state index in [1.54, 1.807) is 6.07 Å². The lowest BCUT2D eigenvalue weighted by Gasteiger charge is -2.27. The molecule has 5 nitrogen and oxygen atoms in total. The summed E-state index contributed by atoms with van der Waals surface area (Å²) in [6.45, 7) is 5.52. The Morgan fingerprint density at radius 2 is 1.88 bits per heavy atom. The molecule has 1 saturated heterocycles. The molecule has 0 unspecified atom stereocenters. The fourth-order valence-corrected chi connectivity index (χ4v) is 3.15. The highest BCUT2D eigenvalue weighted by Crippen LogP contribution is 2.30. The first-order chi connectivity index (χ1) is 12.7. The molecule has 1 fully saturated rings. The van der Waals surface area contributed by atoms with Crippen molar-refractivity contribution >= 4 is 17.5 Å². The molecule has 1 heterocycles. The van der Waals surface area contributed by atoms with Crippen LogP contribution in [0.4, 0.5) is 0 Å². The van der Waals surface area contributed by atoms with Crippen LogP contribution < -0.4 is 15.4 Å². The molecule has 2 N–H and O–H groups in total. The Bertz CT molecular complexity index is 718. The van der Waals surface area contributed by atoms with Gasteiger partial charge in [0.2, 0.25) is 0 Å². The number of nitrogens with zero attached hydrogens (tertiary/aromatic N) is 1. The number of ether oxygens (including phenoxy) is 1. The van der Waals surface area contributed by atoms with E-state index in [1.165, 1.54) is 0 Å². The van der Waals surface area contributed by atoms with Crippen molar-refractivity contribution in [2.45, 2.75) is 0 Å². The third-order valence-electron chi connectivity index (χ3n) is 4.36. The zero-order valence-corrected chi connectivity index (χ0v) is 15.5. The number of piperazine rings is 1. The van der Waals surface area contributed by atoms with Gasteiger partial charge in [0, 0.05) is 39.3 Å². The molecule has 2 aromatic carbocycles. The highest BCUT2D eigenvalue weighted by molar-refractivity contribution is 6.32. The van der Waals surface area contributed by atoms with E-state index in [0.717, 1.165) is 43.9 Å². The second kappa shape index (κ2) is 9.57. The minimum atomic E-state index is -0.136. The van der Waals surface area contributed by atoms with Gasteiger partial charge in [-0.3, -0.25) is 9.69 Å². The van der Waals surface area contributed by atoms with Crippen LogP contribution in [-0.2, 0) is 4.79 Å². The van der Waals surface area contributed by atoms with Gasteiger partial charge < -0.3 is 15.4 Å². The molecule has 1 aliphatic rings. The summed E-state index contributed by atoms with van der Waals surface area (Å²) < 4.78 is 5.56. The van der Waals surface area contributed by atoms with Crippen molar-refractivity contribution in [1.29, 1.82) is 0 Å². The normalized spacial score (nSPS) is 14.8. The van der Waals surface area contributed by atoms with Crippen molar-refractivity contribution in [3.05, 3.63) is 53.6 Å². The summed E-state index contributed by atoms with van der Waals surface area (Å²) in [6.07, 6.45) is 0. The second-order valence-corrected chi connectivity index (χ2v) is 6.65. The maximum atomic E-state index is 11.9. The van der Waals surface area contributed by atoms with Gasteiger partial charge in [0.05, 0.1) is 5.02 Å². The fraction of sp³-hybridized carbons (Fsp3) is 0.350. The second-order valence-electron chi connectivity index (χ2n) is 6.24. The Balaban J connectivity index is 1.44. The van der Waals surface area contributed by atoms with Crippen LogP contribution in [0.1, 0.15) is 0 Å². The summed E-state index contributed by atoms with van der Waals surface area (Å²) in [7, 11) is 0. The molecule has 0 bridgehead atoms. The van der Waals surface area contributed by atoms with Crippen LogP contribution in [0.15, 0.2) is 48.5 Å². The van der Waals surface area contributed by atoms with Gasteiger partial charge in [-0.1, -0.05) is 48.0 Å². The van der Waals surface area contributed by atoms with Crippen LogP contribution in [0.25, 0.3) is 11.1 Å². The van der Waals surface area contributed by atoms with Crippen LogP contribution in [0.2, 0.25) is 5.02 Å². The van der Waals surface area contributed by atoms with Crippen molar-refractivity contribution in [2.75, 3.05) is 45.9 Å². The maximum absolute atomic E-state index is 11.9. The number of hydrogen-bond donors (Lipinski definition) is 2. The summed E-state index contributed by atoms with van der Waals surface area (Å²) in [5, 5.41) is 6.70. The predicted molar refractivity (Wildman–Crippen MR) is 105 cm³/mol. The van der Waals surface area contributed by atoms with Crippen molar-refractivity contribution in [1.82, 2.24) is 15.5 Å². The Hall–Kier alpha value is -2.08. The lowest BCUT2D eigenvalue weighted by atomic mass is 10.1. The van der Waals surface area contributed by atoms with Gasteiger partial charge in [-0.2, -0.15) is 0 Å². The molecule has 0 radical (unpaired) electrons. The monoisotopic (exact) mass is 373 g/mol. The number of carbonyl (C=O) groups excluding carboxylic acids is 1. The van der Waals surface area contributed by atoms with E-state index in [2.05, 4.69) is 15.5 Å². The van der Waals surface area contributed by atoms with E-state index in [9.17, 15) is 4.79 Å². The zero-order chi connectivity index (χ0) is 18.2. The number of carbonyl (C=O) groups is 1. The smallest absolute Gasteiger partial charge is 0.257 e. The Morgan fingerprint density at radius 3 is 2.62 bits per heavy atom. The van der Waals surface area contributed by atoms with Gasteiger partial charge in [-0.05, 0) is 23.3 Å². The summed E-state index contributed by atoms with van der Waals surface area (Å²) in [5.74, 6) is 0.381. The van der Waals surface area contributed by atoms with E-state index in [0.29, 0.717) is 17.3 Å². The largest absolute Gasteiger partial charge is 0.482 e. The average Bonchev–Trinajstić information content (AvgIpc) is 2.68. The molecule has 3 rings (SSSR count). The summed E-state index contributed by atoms with van der Waals surface area (Å²) >= 11 is 6.30. The summed E-state index contributed by atoms with van der Waals surface area (Å²) in [4.78, 5) is 14.3. The third kappa shape index (κ3) is 5.46. The lowest BCUT2D eigenvalue weighted by molar-refractivity contribution is -0.123. The molecule has 1 amide bonds. The van der Waals surface area contributed by atoms with Crippen molar-refractivity contribution < 1.29 is 9.53 Å². The first kappa shape index (κ1) is 18.7. The quantitative estimate of drug-likeness (QED) is 0.782. The Morgan fingerprint density at radius 1 is 1.12 bits per heavy atom. The minimum absolute atomic E-state index is 0.0358. The van der Waals surface area contributed by atoms with Crippen LogP contribution in [0, 0.1) is 0 Å². The first-order valence-corrected chi connectivity index (χ1v) is 9.28. The Kier molecular flexibility index (Phi) is 6.89. The fourth-order valence-electron chi connectivity index (χ4n) is 2.91. The maximum Gasteiger partial charge on any atom is 0.257 e. The summed E-state index contributed by atoms with van der Waals surface area (Å²) in [6, 6.07) is 15.6. The number of nitrogens with one attached hydrogen (secondary N) is 2. The van der Waals surface area contributed by atoms with E-state index < -0.39 is 0 Å².